The maximum Gasteiger partial charge on any atom is 0.165 e. The van der Waals surface area contributed by atoms with Gasteiger partial charge in [0.25, 0.3) is 0 Å². The molecule has 0 fully saturated rings. The van der Waals surface area contributed by atoms with Crippen LogP contribution in [0.25, 0.3) is 16.9 Å². The molecule has 0 spiro atoms. The first-order valence-corrected chi connectivity index (χ1v) is 7.40. The average Bonchev–Trinajstić information content (AvgIpc) is 2.88. The summed E-state index contributed by atoms with van der Waals surface area (Å²) >= 11 is 6.08. The van der Waals surface area contributed by atoms with E-state index in [1.165, 1.54) is 0 Å². The lowest BCUT2D eigenvalue weighted by atomic mass is 10.2. The fourth-order valence-corrected chi connectivity index (χ4v) is 2.58. The predicted molar refractivity (Wildman–Crippen MR) is 84.3 cm³/mol. The number of rotatable bonds is 4. The smallest absolute Gasteiger partial charge is 0.165 e. The molecule has 3 aromatic rings. The van der Waals surface area contributed by atoms with Crippen LogP contribution in [0.4, 0.5) is 0 Å². The lowest BCUT2D eigenvalue weighted by Gasteiger charge is -2.12. The molecule has 0 amide bonds. The van der Waals surface area contributed by atoms with Gasteiger partial charge in [0.15, 0.2) is 5.65 Å². The topological polar surface area (TPSA) is 39.9 Å². The molecule has 0 unspecified atom stereocenters. The van der Waals surface area contributed by atoms with Gasteiger partial charge in [-0.1, -0.05) is 12.1 Å². The largest absolute Gasteiger partial charge is 0.492 e. The van der Waals surface area contributed by atoms with E-state index in [0.29, 0.717) is 12.5 Å². The van der Waals surface area contributed by atoms with E-state index in [9.17, 15) is 0 Å². The minimum atomic E-state index is 0.316. The molecule has 0 bridgehead atoms. The molecule has 0 saturated heterocycles. The highest BCUT2D eigenvalue weighted by Crippen LogP contribution is 2.29. The molecule has 5 heteroatoms. The van der Waals surface area contributed by atoms with Crippen molar-refractivity contribution in [3.63, 3.8) is 0 Å². The van der Waals surface area contributed by atoms with Crippen molar-refractivity contribution in [2.75, 3.05) is 6.61 Å². The number of hydrogen-bond acceptors (Lipinski definition) is 3. The number of aromatic nitrogens is 3. The molecule has 0 radical (unpaired) electrons. The lowest BCUT2D eigenvalue weighted by Crippen LogP contribution is -2.04. The number of alkyl halides is 1. The van der Waals surface area contributed by atoms with Gasteiger partial charge in [0, 0.05) is 6.20 Å². The first-order valence-electron chi connectivity index (χ1n) is 6.87. The van der Waals surface area contributed by atoms with Gasteiger partial charge in [0.05, 0.1) is 18.2 Å². The van der Waals surface area contributed by atoms with Crippen LogP contribution in [0.15, 0.2) is 36.5 Å². The number of imidazole rings is 1. The molecule has 1 aromatic carbocycles. The van der Waals surface area contributed by atoms with Crippen LogP contribution >= 0.6 is 11.6 Å². The normalized spacial score (nSPS) is 11.0. The predicted octanol–water partition coefficient (Wildman–Crippen LogP) is 3.87. The summed E-state index contributed by atoms with van der Waals surface area (Å²) in [6.07, 6.45) is 1.79. The van der Waals surface area contributed by atoms with E-state index < -0.39 is 0 Å². The van der Waals surface area contributed by atoms with E-state index in [-0.39, 0.29) is 0 Å². The molecule has 2 heterocycles. The zero-order valence-corrected chi connectivity index (χ0v) is 12.8. The summed E-state index contributed by atoms with van der Waals surface area (Å²) in [6, 6.07) is 9.81. The molecule has 0 atom stereocenters. The van der Waals surface area contributed by atoms with E-state index in [0.717, 1.165) is 34.0 Å². The molecule has 0 saturated carbocycles. The van der Waals surface area contributed by atoms with Crippen LogP contribution in [0.1, 0.15) is 18.3 Å². The molecule has 4 nitrogen and oxygen atoms in total. The number of nitrogens with zero attached hydrogens (tertiary/aromatic N) is 3. The number of ether oxygens (including phenoxy) is 1. The highest BCUT2D eigenvalue weighted by atomic mass is 35.5. The third-order valence-electron chi connectivity index (χ3n) is 3.34. The van der Waals surface area contributed by atoms with Crippen molar-refractivity contribution in [1.29, 1.82) is 0 Å². The fourth-order valence-electron chi connectivity index (χ4n) is 2.40. The third-order valence-corrected chi connectivity index (χ3v) is 3.58. The van der Waals surface area contributed by atoms with Crippen molar-refractivity contribution < 1.29 is 4.74 Å². The molecule has 21 heavy (non-hydrogen) atoms. The van der Waals surface area contributed by atoms with Gasteiger partial charge in [-0.3, -0.25) is 4.57 Å². The van der Waals surface area contributed by atoms with Gasteiger partial charge < -0.3 is 4.74 Å². The minimum absolute atomic E-state index is 0.316. The highest BCUT2D eigenvalue weighted by Gasteiger charge is 2.16. The van der Waals surface area contributed by atoms with E-state index in [1.807, 2.05) is 48.7 Å². The van der Waals surface area contributed by atoms with Crippen LogP contribution in [0.5, 0.6) is 5.75 Å². The quantitative estimate of drug-likeness (QED) is 0.687. The second-order valence-corrected chi connectivity index (χ2v) is 4.97. The molecule has 0 aliphatic heterocycles. The summed E-state index contributed by atoms with van der Waals surface area (Å²) in [5.41, 5.74) is 3.67. The van der Waals surface area contributed by atoms with Gasteiger partial charge in [-0.2, -0.15) is 0 Å². The number of halogens is 1. The Labute approximate surface area is 128 Å². The van der Waals surface area contributed by atoms with Crippen molar-refractivity contribution in [2.24, 2.45) is 0 Å². The first kappa shape index (κ1) is 13.9. The van der Waals surface area contributed by atoms with Crippen LogP contribution in [0.3, 0.4) is 0 Å². The Hall–Kier alpha value is -2.07. The van der Waals surface area contributed by atoms with Crippen LogP contribution < -0.4 is 4.74 Å². The summed E-state index contributed by atoms with van der Waals surface area (Å²) in [5, 5.41) is 0. The van der Waals surface area contributed by atoms with E-state index >= 15 is 0 Å². The highest BCUT2D eigenvalue weighted by molar-refractivity contribution is 6.17. The standard InChI is InChI=1S/C16H16ClN3O/c1-3-21-13-7-5-4-6-12(13)20-14(10-17)19-15-11(2)8-9-18-16(15)20/h4-9H,3,10H2,1-2H3. The third kappa shape index (κ3) is 2.36. The van der Waals surface area contributed by atoms with Crippen molar-refractivity contribution >= 4 is 22.8 Å². The van der Waals surface area contributed by atoms with E-state index in [4.69, 9.17) is 16.3 Å². The Bertz CT molecular complexity index is 782. The van der Waals surface area contributed by atoms with Gasteiger partial charge >= 0.3 is 0 Å². The van der Waals surface area contributed by atoms with Crippen LogP contribution in [0, 0.1) is 6.92 Å². The number of aryl methyl sites for hydroxylation is 1. The first-order chi connectivity index (χ1) is 10.3. The van der Waals surface area contributed by atoms with Gasteiger partial charge in [0.2, 0.25) is 0 Å². The molecule has 108 valence electrons. The Balaban J connectivity index is 2.32. The van der Waals surface area contributed by atoms with Gasteiger partial charge in [0.1, 0.15) is 17.1 Å². The Morgan fingerprint density at radius 1 is 1.24 bits per heavy atom. The average molecular weight is 302 g/mol. The summed E-state index contributed by atoms with van der Waals surface area (Å²) < 4.78 is 7.69. The van der Waals surface area contributed by atoms with Crippen LogP contribution in [0.2, 0.25) is 0 Å². The molecular formula is C16H16ClN3O. The molecule has 0 N–H and O–H groups in total. The number of fused-ring (bicyclic) bond motifs is 1. The van der Waals surface area contributed by atoms with Crippen molar-refractivity contribution in [2.45, 2.75) is 19.7 Å². The van der Waals surface area contributed by atoms with Gasteiger partial charge in [-0.15, -0.1) is 11.6 Å². The Morgan fingerprint density at radius 2 is 2.05 bits per heavy atom. The zero-order valence-electron chi connectivity index (χ0n) is 12.0. The fraction of sp³-hybridized carbons (Fsp3) is 0.250. The summed E-state index contributed by atoms with van der Waals surface area (Å²) in [6.45, 7) is 4.59. The second-order valence-electron chi connectivity index (χ2n) is 4.70. The van der Waals surface area contributed by atoms with E-state index in [1.54, 1.807) is 6.20 Å². The maximum atomic E-state index is 6.08. The molecule has 3 rings (SSSR count). The Kier molecular flexibility index (Phi) is 3.80. The molecular weight excluding hydrogens is 286 g/mol. The molecule has 2 aromatic heterocycles. The number of benzene rings is 1. The maximum absolute atomic E-state index is 6.08. The molecule has 0 aliphatic rings. The van der Waals surface area contributed by atoms with Gasteiger partial charge in [-0.05, 0) is 37.6 Å². The number of pyridine rings is 1. The number of para-hydroxylation sites is 2. The van der Waals surface area contributed by atoms with Crippen LogP contribution in [-0.4, -0.2) is 21.1 Å². The van der Waals surface area contributed by atoms with Crippen molar-refractivity contribution in [1.82, 2.24) is 14.5 Å². The SMILES string of the molecule is CCOc1ccccc1-n1c(CCl)nc2c(C)ccnc21. The van der Waals surface area contributed by atoms with Gasteiger partial charge in [-0.25, -0.2) is 9.97 Å². The van der Waals surface area contributed by atoms with E-state index in [2.05, 4.69) is 9.97 Å². The zero-order chi connectivity index (χ0) is 14.8. The molecule has 0 aliphatic carbocycles. The second kappa shape index (κ2) is 5.74. The lowest BCUT2D eigenvalue weighted by molar-refractivity contribution is 0.339. The summed E-state index contributed by atoms with van der Waals surface area (Å²) in [4.78, 5) is 9.10. The number of hydrogen-bond donors (Lipinski definition) is 0. The van der Waals surface area contributed by atoms with Crippen molar-refractivity contribution in [3.8, 4) is 11.4 Å². The minimum Gasteiger partial charge on any atom is -0.492 e. The van der Waals surface area contributed by atoms with Crippen molar-refractivity contribution in [3.05, 3.63) is 47.9 Å². The monoisotopic (exact) mass is 301 g/mol. The summed E-state index contributed by atoms with van der Waals surface area (Å²) in [7, 11) is 0. The summed E-state index contributed by atoms with van der Waals surface area (Å²) in [5.74, 6) is 1.88. The Morgan fingerprint density at radius 3 is 2.81 bits per heavy atom. The van der Waals surface area contributed by atoms with Crippen LogP contribution in [-0.2, 0) is 5.88 Å².